The Bertz CT molecular complexity index is 68.0. The fraction of sp³-hybridized carbons (Fsp3) is 1.00. The average molecular weight is 162 g/mol. The Morgan fingerprint density at radius 2 is 2.10 bits per heavy atom. The van der Waals surface area contributed by atoms with Crippen LogP contribution in [-0.2, 0) is 0 Å². The average Bonchev–Trinajstić information content (AvgIpc) is 2.00. The van der Waals surface area contributed by atoms with Gasteiger partial charge in [-0.05, 0) is 7.05 Å². The third-order valence-corrected chi connectivity index (χ3v) is 2.49. The molecular formula is C7H18N2S. The van der Waals surface area contributed by atoms with Crippen molar-refractivity contribution in [2.45, 2.75) is 20.0 Å². The highest BCUT2D eigenvalue weighted by Crippen LogP contribution is 2.09. The fourth-order valence-electron chi connectivity index (χ4n) is 0.706. The summed E-state index contributed by atoms with van der Waals surface area (Å²) in [7, 11) is 2.07. The molecule has 1 aliphatic rings. The van der Waals surface area contributed by atoms with Gasteiger partial charge in [0.05, 0.1) is 6.17 Å². The molecule has 0 saturated carbocycles. The van der Waals surface area contributed by atoms with E-state index in [4.69, 9.17) is 5.73 Å². The molecule has 0 spiro atoms. The maximum atomic E-state index is 5.68. The molecule has 0 aromatic rings. The van der Waals surface area contributed by atoms with Gasteiger partial charge in [0.1, 0.15) is 0 Å². The molecule has 1 unspecified atom stereocenters. The third kappa shape index (κ3) is 3.44. The van der Waals surface area contributed by atoms with Crippen molar-refractivity contribution >= 4 is 11.8 Å². The van der Waals surface area contributed by atoms with Crippen molar-refractivity contribution in [1.82, 2.24) is 4.90 Å². The summed E-state index contributed by atoms with van der Waals surface area (Å²) >= 11 is 1.94. The van der Waals surface area contributed by atoms with Crippen molar-refractivity contribution < 1.29 is 0 Å². The minimum absolute atomic E-state index is 0.300. The summed E-state index contributed by atoms with van der Waals surface area (Å²) < 4.78 is 0. The van der Waals surface area contributed by atoms with E-state index in [1.54, 1.807) is 0 Å². The van der Waals surface area contributed by atoms with Gasteiger partial charge in [-0.25, -0.2) is 0 Å². The molecule has 1 heterocycles. The molecule has 10 heavy (non-hydrogen) atoms. The van der Waals surface area contributed by atoms with Crippen LogP contribution in [0.4, 0.5) is 0 Å². The Morgan fingerprint density at radius 3 is 2.40 bits per heavy atom. The molecule has 62 valence electrons. The summed E-state index contributed by atoms with van der Waals surface area (Å²) in [5.41, 5.74) is 5.68. The predicted molar refractivity (Wildman–Crippen MR) is 49.3 cm³/mol. The molecule has 1 atom stereocenters. The molecule has 2 nitrogen and oxygen atoms in total. The summed E-state index contributed by atoms with van der Waals surface area (Å²) in [6, 6.07) is 0. The van der Waals surface area contributed by atoms with Gasteiger partial charge in [0, 0.05) is 18.1 Å². The Hall–Kier alpha value is 0.270. The van der Waals surface area contributed by atoms with E-state index in [9.17, 15) is 0 Å². The first kappa shape index (κ1) is 10.3. The van der Waals surface area contributed by atoms with Crippen LogP contribution in [0.25, 0.3) is 0 Å². The van der Waals surface area contributed by atoms with Crippen molar-refractivity contribution in [2.24, 2.45) is 5.73 Å². The topological polar surface area (TPSA) is 29.3 Å². The highest BCUT2D eigenvalue weighted by atomic mass is 32.2. The van der Waals surface area contributed by atoms with Crippen molar-refractivity contribution in [1.29, 1.82) is 0 Å². The van der Waals surface area contributed by atoms with Crippen LogP contribution in [0.1, 0.15) is 13.8 Å². The first-order valence-electron chi connectivity index (χ1n) is 3.84. The first-order valence-corrected chi connectivity index (χ1v) is 5.00. The van der Waals surface area contributed by atoms with Crippen molar-refractivity contribution in [3.05, 3.63) is 0 Å². The van der Waals surface area contributed by atoms with Crippen LogP contribution in [-0.4, -0.2) is 36.2 Å². The van der Waals surface area contributed by atoms with E-state index in [-0.39, 0.29) is 0 Å². The molecule has 0 aliphatic carbocycles. The zero-order chi connectivity index (χ0) is 7.98. The third-order valence-electron chi connectivity index (χ3n) is 1.44. The van der Waals surface area contributed by atoms with E-state index < -0.39 is 0 Å². The van der Waals surface area contributed by atoms with Gasteiger partial charge in [-0.1, -0.05) is 13.8 Å². The van der Waals surface area contributed by atoms with Crippen LogP contribution >= 0.6 is 11.8 Å². The Balaban J connectivity index is 0.000000371. The maximum Gasteiger partial charge on any atom is 0.0662 e. The van der Waals surface area contributed by atoms with E-state index >= 15 is 0 Å². The molecule has 2 N–H and O–H groups in total. The van der Waals surface area contributed by atoms with E-state index in [1.165, 1.54) is 5.75 Å². The second-order valence-electron chi connectivity index (χ2n) is 2.12. The lowest BCUT2D eigenvalue weighted by Crippen LogP contribution is -2.45. The zero-order valence-electron chi connectivity index (χ0n) is 7.13. The highest BCUT2D eigenvalue weighted by Gasteiger charge is 2.13. The normalized spacial score (nSPS) is 27.0. The van der Waals surface area contributed by atoms with E-state index in [0.717, 1.165) is 12.3 Å². The predicted octanol–water partition coefficient (Wildman–Crippen LogP) is 0.976. The van der Waals surface area contributed by atoms with Gasteiger partial charge in [0.25, 0.3) is 0 Å². The van der Waals surface area contributed by atoms with Crippen molar-refractivity contribution in [2.75, 3.05) is 25.1 Å². The number of nitrogens with zero attached hydrogens (tertiary/aromatic N) is 1. The van der Waals surface area contributed by atoms with Crippen molar-refractivity contribution in [3.8, 4) is 0 Å². The Morgan fingerprint density at radius 1 is 1.50 bits per heavy atom. The van der Waals surface area contributed by atoms with Gasteiger partial charge in [0.15, 0.2) is 0 Å². The standard InChI is InChI=1S/C5H12N2S.C2H6/c1-7-2-3-8-4-5(7)6;1-2/h5H,2-4,6H2,1H3;1-2H3. The number of rotatable bonds is 0. The molecule has 0 amide bonds. The molecule has 3 heteroatoms. The number of thioether (sulfide) groups is 1. The minimum atomic E-state index is 0.300. The van der Waals surface area contributed by atoms with Crippen molar-refractivity contribution in [3.63, 3.8) is 0 Å². The lowest BCUT2D eigenvalue weighted by Gasteiger charge is -2.28. The van der Waals surface area contributed by atoms with Crippen LogP contribution in [0, 0.1) is 0 Å². The molecule has 0 aromatic heterocycles. The monoisotopic (exact) mass is 162 g/mol. The van der Waals surface area contributed by atoms with Gasteiger partial charge in [-0.3, -0.25) is 4.90 Å². The van der Waals surface area contributed by atoms with Crippen LogP contribution in [0.5, 0.6) is 0 Å². The molecule has 1 saturated heterocycles. The van der Waals surface area contributed by atoms with Gasteiger partial charge in [-0.2, -0.15) is 11.8 Å². The summed E-state index contributed by atoms with van der Waals surface area (Å²) in [6.07, 6.45) is 0.300. The molecular weight excluding hydrogens is 144 g/mol. The van der Waals surface area contributed by atoms with Crippen LogP contribution in [0.2, 0.25) is 0 Å². The number of nitrogens with two attached hydrogens (primary N) is 1. The van der Waals surface area contributed by atoms with E-state index in [1.807, 2.05) is 25.6 Å². The van der Waals surface area contributed by atoms with Gasteiger partial charge < -0.3 is 5.73 Å². The fourth-order valence-corrected chi connectivity index (χ4v) is 1.79. The largest absolute Gasteiger partial charge is 0.315 e. The van der Waals surface area contributed by atoms with E-state index in [0.29, 0.717) is 6.17 Å². The van der Waals surface area contributed by atoms with Gasteiger partial charge in [0.2, 0.25) is 0 Å². The smallest absolute Gasteiger partial charge is 0.0662 e. The molecule has 1 fully saturated rings. The molecule has 0 bridgehead atoms. The quantitative estimate of drug-likeness (QED) is 0.575. The number of hydrogen-bond acceptors (Lipinski definition) is 3. The summed E-state index contributed by atoms with van der Waals surface area (Å²) in [5.74, 6) is 2.33. The SMILES string of the molecule is CC.CN1CCSCC1N. The summed E-state index contributed by atoms with van der Waals surface area (Å²) in [4.78, 5) is 2.19. The van der Waals surface area contributed by atoms with Crippen LogP contribution in [0.3, 0.4) is 0 Å². The molecule has 1 rings (SSSR count). The second kappa shape index (κ2) is 6.01. The Labute approximate surface area is 68.2 Å². The van der Waals surface area contributed by atoms with Crippen LogP contribution in [0.15, 0.2) is 0 Å². The lowest BCUT2D eigenvalue weighted by molar-refractivity contribution is 0.276. The van der Waals surface area contributed by atoms with Gasteiger partial charge in [-0.15, -0.1) is 0 Å². The van der Waals surface area contributed by atoms with Gasteiger partial charge >= 0.3 is 0 Å². The second-order valence-corrected chi connectivity index (χ2v) is 3.27. The zero-order valence-corrected chi connectivity index (χ0v) is 7.95. The summed E-state index contributed by atoms with van der Waals surface area (Å²) in [6.45, 7) is 5.14. The Kier molecular flexibility index (Phi) is 6.17. The molecule has 1 aliphatic heterocycles. The highest BCUT2D eigenvalue weighted by molar-refractivity contribution is 7.99. The summed E-state index contributed by atoms with van der Waals surface area (Å²) in [5, 5.41) is 0. The maximum absolute atomic E-state index is 5.68. The lowest BCUT2D eigenvalue weighted by atomic mass is 10.5. The first-order chi connectivity index (χ1) is 4.80. The van der Waals surface area contributed by atoms with Crippen LogP contribution < -0.4 is 5.73 Å². The number of hydrogen-bond donors (Lipinski definition) is 1. The minimum Gasteiger partial charge on any atom is -0.315 e. The molecule has 0 aromatic carbocycles. The molecule has 0 radical (unpaired) electrons. The van der Waals surface area contributed by atoms with E-state index in [2.05, 4.69) is 11.9 Å².